The maximum absolute atomic E-state index is 5.77. The van der Waals surface area contributed by atoms with E-state index in [-0.39, 0.29) is 6.10 Å². The van der Waals surface area contributed by atoms with Crippen LogP contribution in [0.15, 0.2) is 58.6 Å². The van der Waals surface area contributed by atoms with Crippen molar-refractivity contribution in [2.24, 2.45) is 21.4 Å². The summed E-state index contributed by atoms with van der Waals surface area (Å²) in [6.45, 7) is 9.38. The zero-order chi connectivity index (χ0) is 23.4. The minimum atomic E-state index is 0.227. The van der Waals surface area contributed by atoms with Gasteiger partial charge in [-0.05, 0) is 62.4 Å². The highest BCUT2D eigenvalue weighted by molar-refractivity contribution is 6.38. The number of aliphatic imine (C=N–C) groups is 1. The standard InChI is InChI=1S/C28H37N5O/c1-22-15-24(10-11-26(22)27(31-29)17-30-16-25-9-5-6-14-34-25)33-20-28(21-33)12-13-32(19-28)18-23-7-3-2-4-8-23/h2-4,7-8,10-11,15,17,25H,5-6,9,12-14,16,18-21,29H2,1H3/b30-17?,31-27+. The van der Waals surface area contributed by atoms with Crippen LogP contribution in [0.2, 0.25) is 0 Å². The highest BCUT2D eigenvalue weighted by Crippen LogP contribution is 2.42. The van der Waals surface area contributed by atoms with Crippen molar-refractivity contribution in [1.29, 1.82) is 0 Å². The SMILES string of the molecule is Cc1cc(N2CC3(CCN(Cc4ccccc4)C3)C2)ccc1/C(C=NCC1CCCCO1)=N/N. The second-order valence-corrected chi connectivity index (χ2v) is 10.3. The van der Waals surface area contributed by atoms with Crippen molar-refractivity contribution in [3.05, 3.63) is 65.2 Å². The Morgan fingerprint density at radius 3 is 2.74 bits per heavy atom. The number of nitrogens with zero attached hydrogens (tertiary/aromatic N) is 4. The Morgan fingerprint density at radius 2 is 2.00 bits per heavy atom. The van der Waals surface area contributed by atoms with Crippen molar-refractivity contribution in [3.8, 4) is 0 Å². The molecular formula is C28H37N5O. The van der Waals surface area contributed by atoms with Crippen molar-refractivity contribution >= 4 is 17.6 Å². The van der Waals surface area contributed by atoms with Crippen LogP contribution >= 0.6 is 0 Å². The molecule has 0 bridgehead atoms. The molecule has 6 nitrogen and oxygen atoms in total. The van der Waals surface area contributed by atoms with E-state index < -0.39 is 0 Å². The van der Waals surface area contributed by atoms with Crippen LogP contribution in [0.1, 0.15) is 42.4 Å². The molecule has 0 aliphatic carbocycles. The van der Waals surface area contributed by atoms with Crippen LogP contribution in [0, 0.1) is 12.3 Å². The summed E-state index contributed by atoms with van der Waals surface area (Å²) in [5.74, 6) is 5.73. The highest BCUT2D eigenvalue weighted by atomic mass is 16.5. The quantitative estimate of drug-likeness (QED) is 0.386. The third-order valence-corrected chi connectivity index (χ3v) is 7.61. The fourth-order valence-corrected chi connectivity index (χ4v) is 5.72. The minimum absolute atomic E-state index is 0.227. The van der Waals surface area contributed by atoms with Crippen LogP contribution in [0.5, 0.6) is 0 Å². The second kappa shape index (κ2) is 10.3. The van der Waals surface area contributed by atoms with Gasteiger partial charge in [-0.15, -0.1) is 0 Å². The summed E-state index contributed by atoms with van der Waals surface area (Å²) in [5.41, 5.74) is 6.10. The Morgan fingerprint density at radius 1 is 1.15 bits per heavy atom. The van der Waals surface area contributed by atoms with Gasteiger partial charge in [0.05, 0.1) is 12.6 Å². The maximum Gasteiger partial charge on any atom is 0.108 e. The zero-order valence-corrected chi connectivity index (χ0v) is 20.3. The molecule has 3 aliphatic rings. The molecule has 2 N–H and O–H groups in total. The van der Waals surface area contributed by atoms with Crippen LogP contribution in [0.4, 0.5) is 5.69 Å². The van der Waals surface area contributed by atoms with Crippen LogP contribution < -0.4 is 10.7 Å². The number of hydrazone groups is 1. The Labute approximate surface area is 203 Å². The lowest BCUT2D eigenvalue weighted by Crippen LogP contribution is -2.57. The first kappa shape index (κ1) is 23.1. The second-order valence-electron chi connectivity index (χ2n) is 10.3. The largest absolute Gasteiger partial charge is 0.376 e. The Kier molecular flexibility index (Phi) is 6.97. The summed E-state index contributed by atoms with van der Waals surface area (Å²) in [5, 5.41) is 4.02. The number of likely N-dealkylation sites (tertiary alicyclic amines) is 1. The lowest BCUT2D eigenvalue weighted by molar-refractivity contribution is 0.0226. The molecule has 34 heavy (non-hydrogen) atoms. The van der Waals surface area contributed by atoms with Gasteiger partial charge in [-0.1, -0.05) is 36.4 Å². The number of benzene rings is 2. The molecule has 2 aromatic carbocycles. The molecule has 6 heteroatoms. The lowest BCUT2D eigenvalue weighted by Gasteiger charge is -2.49. The summed E-state index contributed by atoms with van der Waals surface area (Å²) >= 11 is 0. The summed E-state index contributed by atoms with van der Waals surface area (Å²) in [4.78, 5) is 9.70. The van der Waals surface area contributed by atoms with E-state index in [1.165, 1.54) is 42.7 Å². The fourth-order valence-electron chi connectivity index (χ4n) is 5.72. The van der Waals surface area contributed by atoms with E-state index in [0.717, 1.165) is 50.4 Å². The number of hydrogen-bond donors (Lipinski definition) is 1. The van der Waals surface area contributed by atoms with Gasteiger partial charge in [-0.2, -0.15) is 5.10 Å². The average Bonchev–Trinajstić information content (AvgIpc) is 3.27. The number of aryl methyl sites for hydroxylation is 1. The number of hydrogen-bond acceptors (Lipinski definition) is 6. The van der Waals surface area contributed by atoms with Gasteiger partial charge in [-0.25, -0.2) is 0 Å². The number of rotatable bonds is 7. The van der Waals surface area contributed by atoms with Crippen LogP contribution in [-0.4, -0.2) is 62.3 Å². The van der Waals surface area contributed by atoms with E-state index >= 15 is 0 Å². The molecule has 1 spiro atoms. The molecule has 2 aromatic rings. The van der Waals surface area contributed by atoms with Gasteiger partial charge in [0.15, 0.2) is 0 Å². The third-order valence-electron chi connectivity index (χ3n) is 7.61. The summed E-state index contributed by atoms with van der Waals surface area (Å²) in [6, 6.07) is 17.4. The van der Waals surface area contributed by atoms with E-state index in [9.17, 15) is 0 Å². The summed E-state index contributed by atoms with van der Waals surface area (Å²) in [7, 11) is 0. The Balaban J connectivity index is 1.16. The molecule has 3 fully saturated rings. The Hall–Kier alpha value is -2.70. The molecule has 0 amide bonds. The van der Waals surface area contributed by atoms with E-state index in [2.05, 4.69) is 75.3 Å². The van der Waals surface area contributed by atoms with Gasteiger partial charge < -0.3 is 15.5 Å². The van der Waals surface area contributed by atoms with Gasteiger partial charge in [0.1, 0.15) is 5.71 Å². The number of nitrogens with two attached hydrogens (primary N) is 1. The predicted octanol–water partition coefficient (Wildman–Crippen LogP) is 4.01. The molecule has 3 aliphatic heterocycles. The van der Waals surface area contributed by atoms with Gasteiger partial charge in [0.2, 0.25) is 0 Å². The monoisotopic (exact) mass is 459 g/mol. The first-order chi connectivity index (χ1) is 16.6. The van der Waals surface area contributed by atoms with Crippen LogP contribution in [-0.2, 0) is 11.3 Å². The number of ether oxygens (including phenoxy) is 1. The first-order valence-electron chi connectivity index (χ1n) is 12.7. The van der Waals surface area contributed by atoms with E-state index in [1.807, 2.05) is 0 Å². The molecule has 1 atom stereocenters. The topological polar surface area (TPSA) is 66.5 Å². The van der Waals surface area contributed by atoms with Gasteiger partial charge in [0, 0.05) is 55.7 Å². The Bertz CT molecular complexity index is 1020. The molecular weight excluding hydrogens is 422 g/mol. The highest BCUT2D eigenvalue weighted by Gasteiger charge is 2.47. The smallest absolute Gasteiger partial charge is 0.108 e. The average molecular weight is 460 g/mol. The summed E-state index contributed by atoms with van der Waals surface area (Å²) in [6.07, 6.45) is 6.79. The molecule has 180 valence electrons. The molecule has 5 rings (SSSR count). The molecule has 0 radical (unpaired) electrons. The van der Waals surface area contributed by atoms with Crippen molar-refractivity contribution in [3.63, 3.8) is 0 Å². The third kappa shape index (κ3) is 5.18. The van der Waals surface area contributed by atoms with Crippen LogP contribution in [0.25, 0.3) is 0 Å². The number of anilines is 1. The normalized spacial score (nSPS) is 23.0. The van der Waals surface area contributed by atoms with E-state index in [4.69, 9.17) is 10.6 Å². The van der Waals surface area contributed by atoms with Crippen molar-refractivity contribution in [1.82, 2.24) is 4.90 Å². The van der Waals surface area contributed by atoms with Crippen molar-refractivity contribution < 1.29 is 4.74 Å². The van der Waals surface area contributed by atoms with Crippen molar-refractivity contribution in [2.45, 2.75) is 45.3 Å². The first-order valence-corrected chi connectivity index (χ1v) is 12.7. The summed E-state index contributed by atoms with van der Waals surface area (Å²) < 4.78 is 5.77. The molecule has 3 heterocycles. The minimum Gasteiger partial charge on any atom is -0.376 e. The lowest BCUT2D eigenvalue weighted by atomic mass is 9.78. The predicted molar refractivity (Wildman–Crippen MR) is 140 cm³/mol. The van der Waals surface area contributed by atoms with Gasteiger partial charge in [-0.3, -0.25) is 9.89 Å². The molecule has 0 saturated carbocycles. The zero-order valence-electron chi connectivity index (χ0n) is 20.3. The fraction of sp³-hybridized carbons (Fsp3) is 0.500. The van der Waals surface area contributed by atoms with Gasteiger partial charge in [0.25, 0.3) is 0 Å². The maximum atomic E-state index is 5.77. The van der Waals surface area contributed by atoms with Gasteiger partial charge >= 0.3 is 0 Å². The van der Waals surface area contributed by atoms with E-state index in [0.29, 0.717) is 12.0 Å². The van der Waals surface area contributed by atoms with Crippen LogP contribution in [0.3, 0.4) is 0 Å². The molecule has 1 unspecified atom stereocenters. The molecule has 3 saturated heterocycles. The van der Waals surface area contributed by atoms with E-state index in [1.54, 1.807) is 6.21 Å². The van der Waals surface area contributed by atoms with Crippen molar-refractivity contribution in [2.75, 3.05) is 44.2 Å². The molecule has 0 aromatic heterocycles.